The predicted molar refractivity (Wildman–Crippen MR) is 84.4 cm³/mol. The van der Waals surface area contributed by atoms with Crippen molar-refractivity contribution in [3.05, 3.63) is 59.2 Å². The normalized spacial score (nSPS) is 13.5. The number of ether oxygens (including phenoxy) is 2. The van der Waals surface area contributed by atoms with Crippen LogP contribution in [0, 0.1) is 0 Å². The highest BCUT2D eigenvalue weighted by molar-refractivity contribution is 5.95. The van der Waals surface area contributed by atoms with Crippen LogP contribution in [0.2, 0.25) is 0 Å². The quantitative estimate of drug-likeness (QED) is 0.874. The van der Waals surface area contributed by atoms with Crippen molar-refractivity contribution in [2.45, 2.75) is 13.0 Å². The van der Waals surface area contributed by atoms with Gasteiger partial charge in [0.15, 0.2) is 11.5 Å². The molecule has 0 saturated heterocycles. The molecular weight excluding hydrogens is 278 g/mol. The van der Waals surface area contributed by atoms with Gasteiger partial charge in [-0.2, -0.15) is 0 Å². The number of benzene rings is 2. The van der Waals surface area contributed by atoms with Gasteiger partial charge in [0.1, 0.15) is 0 Å². The van der Waals surface area contributed by atoms with Crippen molar-refractivity contribution >= 4 is 5.91 Å². The molecule has 4 nitrogen and oxygen atoms in total. The van der Waals surface area contributed by atoms with Crippen LogP contribution < -0.4 is 9.47 Å². The Balaban J connectivity index is 1.83. The smallest absolute Gasteiger partial charge is 0.254 e. The molecule has 0 atom stereocenters. The minimum Gasteiger partial charge on any atom is -0.493 e. The topological polar surface area (TPSA) is 38.8 Å². The molecule has 0 saturated carbocycles. The largest absolute Gasteiger partial charge is 0.493 e. The number of rotatable bonds is 3. The van der Waals surface area contributed by atoms with Gasteiger partial charge in [-0.3, -0.25) is 4.79 Å². The van der Waals surface area contributed by atoms with E-state index in [4.69, 9.17) is 9.47 Å². The first-order valence-electron chi connectivity index (χ1n) is 7.31. The first-order chi connectivity index (χ1) is 10.7. The molecule has 0 fully saturated rings. The molecule has 3 rings (SSSR count). The zero-order chi connectivity index (χ0) is 15.5. The fourth-order valence-electron chi connectivity index (χ4n) is 2.82. The maximum absolute atomic E-state index is 12.7. The van der Waals surface area contributed by atoms with E-state index >= 15 is 0 Å². The predicted octanol–water partition coefficient (Wildman–Crippen LogP) is 2.90. The van der Waals surface area contributed by atoms with Crippen LogP contribution in [0.4, 0.5) is 0 Å². The molecule has 114 valence electrons. The van der Waals surface area contributed by atoms with Gasteiger partial charge in [-0.1, -0.05) is 24.3 Å². The summed E-state index contributed by atoms with van der Waals surface area (Å²) < 4.78 is 10.5. The molecule has 0 N–H and O–H groups in total. The third-order valence-corrected chi connectivity index (χ3v) is 4.05. The molecule has 22 heavy (non-hydrogen) atoms. The van der Waals surface area contributed by atoms with Crippen LogP contribution in [-0.2, 0) is 13.0 Å². The van der Waals surface area contributed by atoms with Gasteiger partial charge in [-0.25, -0.2) is 0 Å². The molecule has 1 amide bonds. The summed E-state index contributed by atoms with van der Waals surface area (Å²) >= 11 is 0. The molecule has 0 aromatic heterocycles. The summed E-state index contributed by atoms with van der Waals surface area (Å²) in [5, 5.41) is 0. The lowest BCUT2D eigenvalue weighted by Gasteiger charge is -2.29. The van der Waals surface area contributed by atoms with E-state index in [1.807, 2.05) is 17.0 Å². The number of carbonyl (C=O) groups excluding carboxylic acids is 1. The Kier molecular flexibility index (Phi) is 4.00. The van der Waals surface area contributed by atoms with Gasteiger partial charge < -0.3 is 14.4 Å². The molecule has 1 heterocycles. The Hall–Kier alpha value is -2.49. The third kappa shape index (κ3) is 2.64. The fraction of sp³-hybridized carbons (Fsp3) is 0.278. The molecule has 0 bridgehead atoms. The van der Waals surface area contributed by atoms with E-state index < -0.39 is 0 Å². The molecular formula is C18H19NO3. The second-order valence-electron chi connectivity index (χ2n) is 5.32. The van der Waals surface area contributed by atoms with E-state index in [9.17, 15) is 4.79 Å². The number of hydrogen-bond acceptors (Lipinski definition) is 3. The standard InChI is InChI=1S/C18H19NO3/c1-21-16-8-7-14(11-17(16)22-2)18(20)19-10-9-13-5-3-4-6-15(13)12-19/h3-8,11H,9-10,12H2,1-2H3. The van der Waals surface area contributed by atoms with Gasteiger partial charge in [-0.05, 0) is 35.7 Å². The lowest BCUT2D eigenvalue weighted by Crippen LogP contribution is -2.35. The molecule has 2 aromatic rings. The van der Waals surface area contributed by atoms with Crippen LogP contribution in [0.3, 0.4) is 0 Å². The van der Waals surface area contributed by atoms with Gasteiger partial charge in [-0.15, -0.1) is 0 Å². The average molecular weight is 297 g/mol. The van der Waals surface area contributed by atoms with Crippen LogP contribution in [0.5, 0.6) is 11.5 Å². The molecule has 4 heteroatoms. The van der Waals surface area contributed by atoms with Crippen molar-refractivity contribution in [1.29, 1.82) is 0 Å². The van der Waals surface area contributed by atoms with E-state index in [1.54, 1.807) is 32.4 Å². The summed E-state index contributed by atoms with van der Waals surface area (Å²) in [4.78, 5) is 14.6. The highest BCUT2D eigenvalue weighted by Crippen LogP contribution is 2.29. The van der Waals surface area contributed by atoms with Crippen molar-refractivity contribution in [2.24, 2.45) is 0 Å². The van der Waals surface area contributed by atoms with E-state index in [0.717, 1.165) is 13.0 Å². The van der Waals surface area contributed by atoms with Crippen molar-refractivity contribution in [2.75, 3.05) is 20.8 Å². The van der Waals surface area contributed by atoms with Crippen molar-refractivity contribution in [3.8, 4) is 11.5 Å². The Morgan fingerprint density at radius 1 is 1.00 bits per heavy atom. The maximum Gasteiger partial charge on any atom is 0.254 e. The zero-order valence-electron chi connectivity index (χ0n) is 12.8. The van der Waals surface area contributed by atoms with Gasteiger partial charge in [0, 0.05) is 18.7 Å². The molecule has 1 aliphatic rings. The van der Waals surface area contributed by atoms with Crippen LogP contribution in [-0.4, -0.2) is 31.6 Å². The summed E-state index contributed by atoms with van der Waals surface area (Å²) in [5.41, 5.74) is 3.18. The van der Waals surface area contributed by atoms with Crippen LogP contribution in [0.25, 0.3) is 0 Å². The van der Waals surface area contributed by atoms with E-state index in [2.05, 4.69) is 12.1 Å². The number of methoxy groups -OCH3 is 2. The first-order valence-corrected chi connectivity index (χ1v) is 7.31. The van der Waals surface area contributed by atoms with Crippen molar-refractivity contribution in [1.82, 2.24) is 4.90 Å². The minimum atomic E-state index is 0.0236. The summed E-state index contributed by atoms with van der Waals surface area (Å²) in [6, 6.07) is 13.6. The third-order valence-electron chi connectivity index (χ3n) is 4.05. The first kappa shape index (κ1) is 14.4. The second-order valence-corrected chi connectivity index (χ2v) is 5.32. The van der Waals surface area contributed by atoms with E-state index in [1.165, 1.54) is 11.1 Å². The number of fused-ring (bicyclic) bond motifs is 1. The van der Waals surface area contributed by atoms with E-state index in [-0.39, 0.29) is 5.91 Å². The second kappa shape index (κ2) is 6.10. The van der Waals surface area contributed by atoms with Gasteiger partial charge >= 0.3 is 0 Å². The summed E-state index contributed by atoms with van der Waals surface area (Å²) in [6.45, 7) is 1.40. The fourth-order valence-corrected chi connectivity index (χ4v) is 2.82. The monoisotopic (exact) mass is 297 g/mol. The van der Waals surface area contributed by atoms with E-state index in [0.29, 0.717) is 23.6 Å². The van der Waals surface area contributed by atoms with Gasteiger partial charge in [0.25, 0.3) is 5.91 Å². The Morgan fingerprint density at radius 3 is 2.45 bits per heavy atom. The molecule has 1 aliphatic heterocycles. The van der Waals surface area contributed by atoms with Gasteiger partial charge in [0.2, 0.25) is 0 Å². The number of nitrogens with zero attached hydrogens (tertiary/aromatic N) is 1. The van der Waals surface area contributed by atoms with Crippen molar-refractivity contribution in [3.63, 3.8) is 0 Å². The highest BCUT2D eigenvalue weighted by atomic mass is 16.5. The highest BCUT2D eigenvalue weighted by Gasteiger charge is 2.22. The Morgan fingerprint density at radius 2 is 1.73 bits per heavy atom. The molecule has 2 aromatic carbocycles. The van der Waals surface area contributed by atoms with Crippen molar-refractivity contribution < 1.29 is 14.3 Å². The summed E-state index contributed by atoms with van der Waals surface area (Å²) in [5.74, 6) is 1.23. The van der Waals surface area contributed by atoms with Crippen LogP contribution in [0.15, 0.2) is 42.5 Å². The minimum absolute atomic E-state index is 0.0236. The SMILES string of the molecule is COc1ccc(C(=O)N2CCc3ccccc3C2)cc1OC. The maximum atomic E-state index is 12.7. The molecule has 0 aliphatic carbocycles. The average Bonchev–Trinajstić information content (AvgIpc) is 2.60. The lowest BCUT2D eigenvalue weighted by atomic mass is 9.99. The Bertz CT molecular complexity index is 696. The number of carbonyl (C=O) groups is 1. The van der Waals surface area contributed by atoms with Gasteiger partial charge in [0.05, 0.1) is 14.2 Å². The Labute approximate surface area is 130 Å². The lowest BCUT2D eigenvalue weighted by molar-refractivity contribution is 0.0734. The zero-order valence-corrected chi connectivity index (χ0v) is 12.8. The molecule has 0 radical (unpaired) electrons. The number of hydrogen-bond donors (Lipinski definition) is 0. The molecule has 0 unspecified atom stereocenters. The summed E-state index contributed by atoms with van der Waals surface area (Å²) in [7, 11) is 3.16. The van der Waals surface area contributed by atoms with Crippen LogP contribution in [0.1, 0.15) is 21.5 Å². The summed E-state index contributed by atoms with van der Waals surface area (Å²) in [6.07, 6.45) is 0.898. The van der Waals surface area contributed by atoms with Crippen LogP contribution >= 0.6 is 0 Å². The number of amides is 1. The molecule has 0 spiro atoms.